The predicted octanol–water partition coefficient (Wildman–Crippen LogP) is 3.17. The molecule has 0 bridgehead atoms. The van der Waals surface area contributed by atoms with Gasteiger partial charge >= 0.3 is 0 Å². The topological polar surface area (TPSA) is 50.4 Å². The van der Waals surface area contributed by atoms with Crippen LogP contribution in [0.1, 0.15) is 11.3 Å². The Hall–Kier alpha value is -2.00. The molecular formula is C13H9ClO3. The first-order valence-electron chi connectivity index (χ1n) is 4.91. The molecule has 0 unspecified atom stereocenters. The zero-order valence-electron chi connectivity index (χ0n) is 8.76. The van der Waals surface area contributed by atoms with E-state index in [4.69, 9.17) is 16.0 Å². The van der Waals surface area contributed by atoms with Crippen LogP contribution in [0.25, 0.3) is 12.2 Å². The summed E-state index contributed by atoms with van der Waals surface area (Å²) in [5.41, 5.74) is 0.423. The molecule has 0 spiro atoms. The maximum absolute atomic E-state index is 11.1. The van der Waals surface area contributed by atoms with Crippen molar-refractivity contribution in [3.63, 3.8) is 0 Å². The van der Waals surface area contributed by atoms with Gasteiger partial charge in [0.25, 0.3) is 0 Å². The van der Waals surface area contributed by atoms with Crippen LogP contribution in [0.5, 0.6) is 5.75 Å². The minimum Gasteiger partial charge on any atom is -0.502 e. The first kappa shape index (κ1) is 11.5. The van der Waals surface area contributed by atoms with Gasteiger partial charge in [-0.25, -0.2) is 0 Å². The molecule has 0 atom stereocenters. The summed E-state index contributed by atoms with van der Waals surface area (Å²) >= 11 is 5.75. The van der Waals surface area contributed by atoms with E-state index in [1.807, 2.05) is 12.1 Å². The largest absolute Gasteiger partial charge is 0.502 e. The SMILES string of the molecule is O=c1ccoc(/C=C/c2ccc(Cl)cc2)c1O. The summed E-state index contributed by atoms with van der Waals surface area (Å²) in [6.45, 7) is 0. The van der Waals surface area contributed by atoms with Gasteiger partial charge in [-0.15, -0.1) is 0 Å². The standard InChI is InChI=1S/C13H9ClO3/c14-10-4-1-9(2-5-10)3-6-12-13(16)11(15)7-8-17-12/h1-8,16H/b6-3+. The molecule has 1 aromatic carbocycles. The van der Waals surface area contributed by atoms with Crippen molar-refractivity contribution < 1.29 is 9.52 Å². The summed E-state index contributed by atoms with van der Waals surface area (Å²) in [7, 11) is 0. The van der Waals surface area contributed by atoms with Crippen molar-refractivity contribution in [2.45, 2.75) is 0 Å². The highest BCUT2D eigenvalue weighted by Crippen LogP contribution is 2.16. The van der Waals surface area contributed by atoms with Gasteiger partial charge in [0.05, 0.1) is 6.26 Å². The van der Waals surface area contributed by atoms with Crippen molar-refractivity contribution in [1.82, 2.24) is 0 Å². The van der Waals surface area contributed by atoms with E-state index >= 15 is 0 Å². The van der Waals surface area contributed by atoms with Crippen LogP contribution in [0.2, 0.25) is 5.02 Å². The molecule has 0 amide bonds. The Morgan fingerprint density at radius 3 is 2.53 bits per heavy atom. The van der Waals surface area contributed by atoms with Crippen LogP contribution >= 0.6 is 11.6 Å². The van der Waals surface area contributed by atoms with Crippen molar-refractivity contribution in [2.24, 2.45) is 0 Å². The number of benzene rings is 1. The van der Waals surface area contributed by atoms with Crippen LogP contribution in [-0.4, -0.2) is 5.11 Å². The van der Waals surface area contributed by atoms with E-state index in [-0.39, 0.29) is 5.76 Å². The lowest BCUT2D eigenvalue weighted by Crippen LogP contribution is -1.97. The maximum atomic E-state index is 11.1. The van der Waals surface area contributed by atoms with Crippen molar-refractivity contribution in [3.05, 3.63) is 63.2 Å². The van der Waals surface area contributed by atoms with Gasteiger partial charge in [-0.3, -0.25) is 4.79 Å². The lowest BCUT2D eigenvalue weighted by atomic mass is 10.2. The van der Waals surface area contributed by atoms with Gasteiger partial charge in [0, 0.05) is 11.1 Å². The Bertz CT molecular complexity index is 597. The minimum absolute atomic E-state index is 0.132. The molecule has 0 saturated heterocycles. The van der Waals surface area contributed by atoms with Gasteiger partial charge in [0.2, 0.25) is 11.2 Å². The number of aromatic hydroxyl groups is 1. The quantitative estimate of drug-likeness (QED) is 0.888. The Balaban J connectivity index is 2.29. The molecular weight excluding hydrogens is 240 g/mol. The highest BCUT2D eigenvalue weighted by Gasteiger charge is 2.02. The van der Waals surface area contributed by atoms with Crippen LogP contribution in [-0.2, 0) is 0 Å². The molecule has 86 valence electrons. The second-order valence-corrected chi connectivity index (χ2v) is 3.82. The summed E-state index contributed by atoms with van der Waals surface area (Å²) in [6, 6.07) is 8.30. The minimum atomic E-state index is -0.466. The summed E-state index contributed by atoms with van der Waals surface area (Å²) < 4.78 is 5.02. The summed E-state index contributed by atoms with van der Waals surface area (Å²) in [5.74, 6) is -0.259. The average Bonchev–Trinajstić information content (AvgIpc) is 2.33. The third-order valence-corrected chi connectivity index (χ3v) is 2.43. The summed E-state index contributed by atoms with van der Waals surface area (Å²) in [5, 5.41) is 10.1. The fourth-order valence-corrected chi connectivity index (χ4v) is 1.42. The molecule has 0 radical (unpaired) electrons. The monoisotopic (exact) mass is 248 g/mol. The van der Waals surface area contributed by atoms with E-state index in [9.17, 15) is 9.90 Å². The Kier molecular flexibility index (Phi) is 3.30. The van der Waals surface area contributed by atoms with Gasteiger partial charge in [0.1, 0.15) is 0 Å². The van der Waals surface area contributed by atoms with Gasteiger partial charge in [-0.2, -0.15) is 0 Å². The number of hydrogen-bond donors (Lipinski definition) is 1. The number of rotatable bonds is 2. The number of hydrogen-bond acceptors (Lipinski definition) is 3. The van der Waals surface area contributed by atoms with E-state index in [0.29, 0.717) is 5.02 Å². The zero-order chi connectivity index (χ0) is 12.3. The second kappa shape index (κ2) is 4.89. The first-order valence-corrected chi connectivity index (χ1v) is 5.29. The molecule has 2 aromatic rings. The molecule has 4 heteroatoms. The third kappa shape index (κ3) is 2.77. The van der Waals surface area contributed by atoms with Gasteiger partial charge in [0.15, 0.2) is 5.76 Å². The van der Waals surface area contributed by atoms with Crippen LogP contribution in [0.4, 0.5) is 0 Å². The first-order chi connectivity index (χ1) is 8.16. The van der Waals surface area contributed by atoms with Crippen LogP contribution in [0, 0.1) is 0 Å². The Labute approximate surface area is 103 Å². The third-order valence-electron chi connectivity index (χ3n) is 2.18. The molecule has 0 aliphatic rings. The van der Waals surface area contributed by atoms with Crippen LogP contribution in [0.3, 0.4) is 0 Å². The molecule has 0 fully saturated rings. The van der Waals surface area contributed by atoms with E-state index in [1.165, 1.54) is 12.3 Å². The molecule has 3 nitrogen and oxygen atoms in total. The van der Waals surface area contributed by atoms with Gasteiger partial charge in [-0.05, 0) is 23.8 Å². The molecule has 17 heavy (non-hydrogen) atoms. The van der Waals surface area contributed by atoms with E-state index in [0.717, 1.165) is 11.6 Å². The molecule has 1 heterocycles. The smallest absolute Gasteiger partial charge is 0.227 e. The molecule has 0 saturated carbocycles. The van der Waals surface area contributed by atoms with Crippen LogP contribution in [0.15, 0.2) is 45.8 Å². The predicted molar refractivity (Wildman–Crippen MR) is 67.0 cm³/mol. The molecule has 1 aromatic heterocycles. The Morgan fingerprint density at radius 1 is 1.12 bits per heavy atom. The zero-order valence-corrected chi connectivity index (χ0v) is 9.52. The average molecular weight is 249 g/mol. The Morgan fingerprint density at radius 2 is 1.82 bits per heavy atom. The van der Waals surface area contributed by atoms with Gasteiger partial charge in [-0.1, -0.05) is 29.8 Å². The van der Waals surface area contributed by atoms with Gasteiger partial charge < -0.3 is 9.52 Å². The molecule has 1 N–H and O–H groups in total. The van der Waals surface area contributed by atoms with E-state index in [1.54, 1.807) is 18.2 Å². The van der Waals surface area contributed by atoms with Crippen molar-refractivity contribution in [3.8, 4) is 5.75 Å². The van der Waals surface area contributed by atoms with Crippen molar-refractivity contribution in [1.29, 1.82) is 0 Å². The van der Waals surface area contributed by atoms with E-state index in [2.05, 4.69) is 0 Å². The lowest BCUT2D eigenvalue weighted by Gasteiger charge is -1.96. The van der Waals surface area contributed by atoms with Crippen molar-refractivity contribution >= 4 is 23.8 Å². The number of halogens is 1. The fourth-order valence-electron chi connectivity index (χ4n) is 1.29. The molecule has 2 rings (SSSR count). The summed E-state index contributed by atoms with van der Waals surface area (Å²) in [4.78, 5) is 11.1. The second-order valence-electron chi connectivity index (χ2n) is 3.38. The highest BCUT2D eigenvalue weighted by atomic mass is 35.5. The lowest BCUT2D eigenvalue weighted by molar-refractivity contribution is 0.424. The van der Waals surface area contributed by atoms with E-state index < -0.39 is 11.2 Å². The molecule has 0 aliphatic carbocycles. The fraction of sp³-hybridized carbons (Fsp3) is 0. The van der Waals surface area contributed by atoms with Crippen molar-refractivity contribution in [2.75, 3.05) is 0 Å². The van der Waals surface area contributed by atoms with Crippen LogP contribution < -0.4 is 5.43 Å². The maximum Gasteiger partial charge on any atom is 0.227 e. The molecule has 0 aliphatic heterocycles. The normalized spacial score (nSPS) is 10.9. The highest BCUT2D eigenvalue weighted by molar-refractivity contribution is 6.30. The summed E-state index contributed by atoms with van der Waals surface area (Å²) in [6.07, 6.45) is 4.48.